The zero-order valence-corrected chi connectivity index (χ0v) is 14.4. The maximum Gasteiger partial charge on any atom is 0.277 e. The van der Waals surface area contributed by atoms with E-state index in [1.165, 1.54) is 4.68 Å². The van der Waals surface area contributed by atoms with E-state index >= 15 is 0 Å². The second-order valence-electron chi connectivity index (χ2n) is 6.01. The van der Waals surface area contributed by atoms with Gasteiger partial charge in [-0.25, -0.2) is 9.67 Å². The molecule has 2 aromatic carbocycles. The van der Waals surface area contributed by atoms with Gasteiger partial charge in [-0.2, -0.15) is 5.10 Å². The fraction of sp³-hybridized carbons (Fsp3) is 0.0476. The average Bonchev–Trinajstić information content (AvgIpc) is 2.71. The van der Waals surface area contributed by atoms with Gasteiger partial charge in [0.25, 0.3) is 11.5 Å². The molecule has 0 unspecified atom stereocenters. The third-order valence-electron chi connectivity index (χ3n) is 4.16. The van der Waals surface area contributed by atoms with Crippen LogP contribution < -0.4 is 10.9 Å². The molecule has 2 aromatic heterocycles. The highest BCUT2D eigenvalue weighted by Gasteiger charge is 2.17. The largest absolute Gasteiger partial charge is 0.305 e. The minimum atomic E-state index is -0.410. The molecule has 0 saturated heterocycles. The number of carbonyl (C=O) groups excluding carboxylic acids is 1. The highest BCUT2D eigenvalue weighted by Crippen LogP contribution is 2.15. The molecule has 0 fully saturated rings. The van der Waals surface area contributed by atoms with Crippen molar-refractivity contribution in [2.75, 3.05) is 5.32 Å². The van der Waals surface area contributed by atoms with E-state index in [2.05, 4.69) is 15.4 Å². The zero-order chi connectivity index (χ0) is 18.6. The Balaban J connectivity index is 1.80. The maximum atomic E-state index is 12.8. The van der Waals surface area contributed by atoms with Gasteiger partial charge in [0.1, 0.15) is 5.82 Å². The van der Waals surface area contributed by atoms with Crippen molar-refractivity contribution in [1.82, 2.24) is 14.8 Å². The van der Waals surface area contributed by atoms with Crippen molar-refractivity contribution in [2.45, 2.75) is 6.54 Å². The summed E-state index contributed by atoms with van der Waals surface area (Å²) in [4.78, 5) is 29.7. The molecule has 0 saturated carbocycles. The predicted octanol–water partition coefficient (Wildman–Crippen LogP) is 3.09. The van der Waals surface area contributed by atoms with Crippen molar-refractivity contribution in [2.24, 2.45) is 0 Å². The van der Waals surface area contributed by atoms with E-state index in [1.54, 1.807) is 48.7 Å². The van der Waals surface area contributed by atoms with Gasteiger partial charge in [0.15, 0.2) is 5.69 Å². The van der Waals surface area contributed by atoms with Crippen LogP contribution in [0.5, 0.6) is 0 Å². The van der Waals surface area contributed by atoms with Crippen LogP contribution in [0.4, 0.5) is 5.82 Å². The Morgan fingerprint density at radius 3 is 2.33 bits per heavy atom. The van der Waals surface area contributed by atoms with E-state index in [4.69, 9.17) is 0 Å². The molecule has 0 spiro atoms. The summed E-state index contributed by atoms with van der Waals surface area (Å²) in [6.45, 7) is 0.286. The number of benzene rings is 2. The summed E-state index contributed by atoms with van der Waals surface area (Å²) in [5.41, 5.74) is 0.883. The number of hydrogen-bond acceptors (Lipinski definition) is 4. The van der Waals surface area contributed by atoms with Crippen LogP contribution in [0.2, 0.25) is 0 Å². The van der Waals surface area contributed by atoms with Gasteiger partial charge in [0, 0.05) is 11.6 Å². The van der Waals surface area contributed by atoms with Gasteiger partial charge >= 0.3 is 0 Å². The van der Waals surface area contributed by atoms with Gasteiger partial charge in [-0.3, -0.25) is 9.59 Å². The molecule has 2 heterocycles. The summed E-state index contributed by atoms with van der Waals surface area (Å²) in [5.74, 6) is 0.0147. The number of pyridine rings is 1. The number of hydrogen-bond donors (Lipinski definition) is 1. The highest BCUT2D eigenvalue weighted by atomic mass is 16.2. The normalized spacial score (nSPS) is 10.7. The van der Waals surface area contributed by atoms with Crippen molar-refractivity contribution in [3.63, 3.8) is 0 Å². The average molecular weight is 356 g/mol. The quantitative estimate of drug-likeness (QED) is 0.610. The molecule has 6 nitrogen and oxygen atoms in total. The first-order chi connectivity index (χ1) is 13.2. The van der Waals surface area contributed by atoms with Gasteiger partial charge < -0.3 is 5.32 Å². The molecule has 0 atom stereocenters. The Kier molecular flexibility index (Phi) is 4.45. The third-order valence-corrected chi connectivity index (χ3v) is 4.16. The van der Waals surface area contributed by atoms with Crippen LogP contribution in [0.1, 0.15) is 16.1 Å². The molecular formula is C21H16N4O2. The number of fused-ring (bicyclic) bond motifs is 1. The van der Waals surface area contributed by atoms with Gasteiger partial charge in [0.2, 0.25) is 0 Å². The summed E-state index contributed by atoms with van der Waals surface area (Å²) in [5, 5.41) is 8.06. The van der Waals surface area contributed by atoms with E-state index in [1.807, 2.05) is 30.3 Å². The Bertz CT molecular complexity index is 1160. The van der Waals surface area contributed by atoms with E-state index in [0.717, 1.165) is 5.56 Å². The summed E-state index contributed by atoms with van der Waals surface area (Å²) in [6.07, 6.45) is 1.59. The fourth-order valence-corrected chi connectivity index (χ4v) is 2.88. The number of nitrogens with one attached hydrogen (secondary N) is 1. The Labute approximate surface area is 155 Å². The van der Waals surface area contributed by atoms with Crippen LogP contribution in [-0.2, 0) is 6.54 Å². The Morgan fingerprint density at radius 2 is 1.59 bits per heavy atom. The van der Waals surface area contributed by atoms with Gasteiger partial charge in [0.05, 0.1) is 11.9 Å². The van der Waals surface area contributed by atoms with E-state index in [9.17, 15) is 9.59 Å². The zero-order valence-electron chi connectivity index (χ0n) is 14.4. The summed E-state index contributed by atoms with van der Waals surface area (Å²) in [6, 6.07) is 21.8. The summed E-state index contributed by atoms with van der Waals surface area (Å²) >= 11 is 0. The van der Waals surface area contributed by atoms with Crippen LogP contribution in [0, 0.1) is 0 Å². The lowest BCUT2D eigenvalue weighted by atomic mass is 10.1. The molecule has 1 amide bonds. The Morgan fingerprint density at radius 1 is 0.889 bits per heavy atom. The van der Waals surface area contributed by atoms with Crippen molar-refractivity contribution < 1.29 is 4.79 Å². The lowest BCUT2D eigenvalue weighted by Gasteiger charge is -2.11. The van der Waals surface area contributed by atoms with Crippen molar-refractivity contribution in [3.8, 4) is 0 Å². The van der Waals surface area contributed by atoms with Crippen LogP contribution in [0.15, 0.2) is 83.8 Å². The summed E-state index contributed by atoms with van der Waals surface area (Å²) < 4.78 is 1.32. The number of nitrogens with zero attached hydrogens (tertiary/aromatic N) is 3. The first-order valence-corrected chi connectivity index (χ1v) is 8.48. The van der Waals surface area contributed by atoms with Gasteiger partial charge in [-0.05, 0) is 23.8 Å². The molecular weight excluding hydrogens is 340 g/mol. The van der Waals surface area contributed by atoms with Crippen molar-refractivity contribution in [3.05, 3.63) is 101 Å². The molecule has 0 aliphatic carbocycles. The van der Waals surface area contributed by atoms with Crippen molar-refractivity contribution in [1.29, 1.82) is 0 Å². The lowest BCUT2D eigenvalue weighted by molar-refractivity contribution is 0.102. The minimum Gasteiger partial charge on any atom is -0.305 e. The fourth-order valence-electron chi connectivity index (χ4n) is 2.88. The monoisotopic (exact) mass is 356 g/mol. The van der Waals surface area contributed by atoms with Crippen LogP contribution in [0.3, 0.4) is 0 Å². The second kappa shape index (κ2) is 7.21. The van der Waals surface area contributed by atoms with E-state index < -0.39 is 5.91 Å². The number of carbonyl (C=O) groups is 1. The second-order valence-corrected chi connectivity index (χ2v) is 6.01. The SMILES string of the molecule is O=C(Nc1ccccn1)c1nn(Cc2ccccc2)c(=O)c2ccccc12. The maximum absolute atomic E-state index is 12.8. The highest BCUT2D eigenvalue weighted by molar-refractivity contribution is 6.10. The molecule has 6 heteroatoms. The number of amides is 1. The smallest absolute Gasteiger partial charge is 0.277 e. The van der Waals surface area contributed by atoms with E-state index in [-0.39, 0.29) is 17.8 Å². The molecule has 0 radical (unpaired) electrons. The number of aromatic nitrogens is 3. The molecule has 132 valence electrons. The summed E-state index contributed by atoms with van der Waals surface area (Å²) in [7, 11) is 0. The standard InChI is InChI=1S/C21H16N4O2/c26-20(23-18-12-6-7-13-22-18)19-16-10-4-5-11-17(16)21(27)25(24-19)14-15-8-2-1-3-9-15/h1-13H,14H2,(H,22,23,26). The first-order valence-electron chi connectivity index (χ1n) is 8.48. The van der Waals surface area contributed by atoms with Gasteiger partial charge in [-0.15, -0.1) is 0 Å². The topological polar surface area (TPSA) is 76.9 Å². The van der Waals surface area contributed by atoms with Crippen LogP contribution in [0.25, 0.3) is 10.8 Å². The van der Waals surface area contributed by atoms with Crippen LogP contribution >= 0.6 is 0 Å². The van der Waals surface area contributed by atoms with Crippen molar-refractivity contribution >= 4 is 22.5 Å². The molecule has 0 aliphatic heterocycles. The predicted molar refractivity (Wildman–Crippen MR) is 104 cm³/mol. The number of rotatable bonds is 4. The van der Waals surface area contributed by atoms with Gasteiger partial charge in [-0.1, -0.05) is 54.6 Å². The lowest BCUT2D eigenvalue weighted by Crippen LogP contribution is -2.28. The first kappa shape index (κ1) is 16.7. The minimum absolute atomic E-state index is 0.187. The van der Waals surface area contributed by atoms with Crippen LogP contribution in [-0.4, -0.2) is 20.7 Å². The van der Waals surface area contributed by atoms with E-state index in [0.29, 0.717) is 16.6 Å². The number of anilines is 1. The molecule has 0 bridgehead atoms. The molecule has 4 aromatic rings. The molecule has 1 N–H and O–H groups in total. The third kappa shape index (κ3) is 3.46. The molecule has 4 rings (SSSR count). The molecule has 27 heavy (non-hydrogen) atoms. The molecule has 0 aliphatic rings. The Hall–Kier alpha value is -3.80.